The van der Waals surface area contributed by atoms with Crippen LogP contribution in [0.2, 0.25) is 10.0 Å². The van der Waals surface area contributed by atoms with Crippen molar-refractivity contribution in [3.63, 3.8) is 0 Å². The fourth-order valence-corrected chi connectivity index (χ4v) is 2.83. The van der Waals surface area contributed by atoms with Gasteiger partial charge in [0.25, 0.3) is 5.56 Å². The number of azo groups is 1. The van der Waals surface area contributed by atoms with E-state index in [0.717, 1.165) is 4.57 Å². The number of benzene rings is 1. The Labute approximate surface area is 170 Å². The standard InChI is InChI=1S/C19H13Cl2N5O2/c1-11-14(8-22)18(27)26(10-12-3-2-6-23-9-12)19(28)17(11)25-24-13-4-5-15(20)16(21)7-13/h2-7,9,27H,10H2,1H3. The molecule has 9 heteroatoms. The first kappa shape index (κ1) is 19.5. The highest BCUT2D eigenvalue weighted by atomic mass is 35.5. The van der Waals surface area contributed by atoms with Crippen LogP contribution in [0.1, 0.15) is 16.7 Å². The van der Waals surface area contributed by atoms with Gasteiger partial charge in [0.15, 0.2) is 5.69 Å². The van der Waals surface area contributed by atoms with Crippen molar-refractivity contribution in [2.75, 3.05) is 0 Å². The highest BCUT2D eigenvalue weighted by Crippen LogP contribution is 2.30. The molecule has 1 aromatic carbocycles. The lowest BCUT2D eigenvalue weighted by Crippen LogP contribution is -2.22. The van der Waals surface area contributed by atoms with Crippen molar-refractivity contribution in [2.45, 2.75) is 13.5 Å². The molecule has 0 saturated heterocycles. The van der Waals surface area contributed by atoms with Crippen LogP contribution < -0.4 is 5.56 Å². The van der Waals surface area contributed by atoms with E-state index in [0.29, 0.717) is 21.3 Å². The maximum atomic E-state index is 12.9. The van der Waals surface area contributed by atoms with Crippen LogP contribution in [0.25, 0.3) is 0 Å². The SMILES string of the molecule is Cc1c(C#N)c(O)n(Cc2cccnc2)c(=O)c1N=Nc1ccc(Cl)c(Cl)c1. The Bertz CT molecular complexity index is 1170. The second kappa shape index (κ2) is 8.21. The maximum absolute atomic E-state index is 12.9. The fourth-order valence-electron chi connectivity index (χ4n) is 2.53. The summed E-state index contributed by atoms with van der Waals surface area (Å²) in [5, 5.41) is 28.5. The lowest BCUT2D eigenvalue weighted by atomic mass is 10.1. The summed E-state index contributed by atoms with van der Waals surface area (Å²) in [6.45, 7) is 1.56. The van der Waals surface area contributed by atoms with Gasteiger partial charge in [-0.15, -0.1) is 5.11 Å². The summed E-state index contributed by atoms with van der Waals surface area (Å²) in [5.41, 5.74) is 0.618. The second-order valence-electron chi connectivity index (χ2n) is 5.83. The Morgan fingerprint density at radius 3 is 2.68 bits per heavy atom. The van der Waals surface area contributed by atoms with E-state index in [9.17, 15) is 15.2 Å². The highest BCUT2D eigenvalue weighted by molar-refractivity contribution is 6.42. The van der Waals surface area contributed by atoms with Crippen LogP contribution >= 0.6 is 23.2 Å². The zero-order chi connectivity index (χ0) is 20.3. The molecule has 1 N–H and O–H groups in total. The molecule has 0 amide bonds. The predicted octanol–water partition coefficient (Wildman–Crippen LogP) is 4.90. The van der Waals surface area contributed by atoms with Crippen LogP contribution in [-0.2, 0) is 6.54 Å². The summed E-state index contributed by atoms with van der Waals surface area (Å²) >= 11 is 11.8. The van der Waals surface area contributed by atoms with E-state index in [4.69, 9.17) is 23.2 Å². The number of aromatic nitrogens is 2. The molecular weight excluding hydrogens is 401 g/mol. The first-order valence-corrected chi connectivity index (χ1v) is 8.80. The molecule has 0 aliphatic heterocycles. The van der Waals surface area contributed by atoms with Crippen molar-refractivity contribution in [3.05, 3.63) is 79.8 Å². The first-order chi connectivity index (χ1) is 13.4. The summed E-state index contributed by atoms with van der Waals surface area (Å²) in [4.78, 5) is 16.9. The molecule has 28 heavy (non-hydrogen) atoms. The third-order valence-corrected chi connectivity index (χ3v) is 4.74. The topological polar surface area (TPSA) is 104 Å². The van der Waals surface area contributed by atoms with Crippen molar-refractivity contribution in [1.29, 1.82) is 5.26 Å². The number of nitriles is 1. The van der Waals surface area contributed by atoms with Crippen LogP contribution in [0.4, 0.5) is 11.4 Å². The summed E-state index contributed by atoms with van der Waals surface area (Å²) in [6.07, 6.45) is 3.16. The van der Waals surface area contributed by atoms with Gasteiger partial charge in [-0.2, -0.15) is 10.4 Å². The van der Waals surface area contributed by atoms with E-state index in [-0.39, 0.29) is 23.4 Å². The quantitative estimate of drug-likeness (QED) is 0.613. The summed E-state index contributed by atoms with van der Waals surface area (Å²) in [5.74, 6) is -0.428. The van der Waals surface area contributed by atoms with Gasteiger partial charge in [0, 0.05) is 18.0 Å². The van der Waals surface area contributed by atoms with Gasteiger partial charge >= 0.3 is 0 Å². The average Bonchev–Trinajstić information content (AvgIpc) is 2.69. The van der Waals surface area contributed by atoms with Gasteiger partial charge in [-0.25, -0.2) is 0 Å². The minimum absolute atomic E-state index is 0.0305. The molecule has 2 aromatic heterocycles. The van der Waals surface area contributed by atoms with E-state index < -0.39 is 11.4 Å². The van der Waals surface area contributed by atoms with Gasteiger partial charge in [0.1, 0.15) is 11.6 Å². The summed E-state index contributed by atoms with van der Waals surface area (Å²) in [7, 11) is 0. The van der Waals surface area contributed by atoms with Crippen molar-refractivity contribution in [1.82, 2.24) is 9.55 Å². The number of aromatic hydroxyl groups is 1. The number of hydrogen-bond donors (Lipinski definition) is 1. The lowest BCUT2D eigenvalue weighted by Gasteiger charge is -2.12. The molecule has 2 heterocycles. The van der Waals surface area contributed by atoms with Crippen LogP contribution in [0, 0.1) is 18.3 Å². The molecule has 140 valence electrons. The largest absolute Gasteiger partial charge is 0.493 e. The van der Waals surface area contributed by atoms with E-state index in [2.05, 4.69) is 15.2 Å². The Kier molecular flexibility index (Phi) is 5.73. The smallest absolute Gasteiger partial charge is 0.281 e. The Hall–Kier alpha value is -3.21. The van der Waals surface area contributed by atoms with Crippen LogP contribution in [0.3, 0.4) is 0 Å². The molecule has 0 unspecified atom stereocenters. The van der Waals surface area contributed by atoms with Crippen molar-refractivity contribution < 1.29 is 5.11 Å². The van der Waals surface area contributed by atoms with Gasteiger partial charge < -0.3 is 5.11 Å². The van der Waals surface area contributed by atoms with Crippen LogP contribution in [0.15, 0.2) is 57.7 Å². The molecular formula is C19H13Cl2N5O2. The van der Waals surface area contributed by atoms with E-state index in [1.54, 1.807) is 36.7 Å². The van der Waals surface area contributed by atoms with Gasteiger partial charge in [0.2, 0.25) is 5.88 Å². The zero-order valence-electron chi connectivity index (χ0n) is 14.6. The normalized spacial score (nSPS) is 10.9. The number of hydrogen-bond acceptors (Lipinski definition) is 6. The maximum Gasteiger partial charge on any atom is 0.281 e. The Morgan fingerprint density at radius 1 is 1.25 bits per heavy atom. The third-order valence-electron chi connectivity index (χ3n) is 4.00. The molecule has 3 rings (SSSR count). The summed E-state index contributed by atoms with van der Waals surface area (Å²) < 4.78 is 1.06. The molecule has 0 saturated carbocycles. The van der Waals surface area contributed by atoms with Crippen molar-refractivity contribution in [3.8, 4) is 11.9 Å². The van der Waals surface area contributed by atoms with Crippen LogP contribution in [-0.4, -0.2) is 14.7 Å². The van der Waals surface area contributed by atoms with Crippen molar-refractivity contribution in [2.24, 2.45) is 10.2 Å². The molecule has 3 aromatic rings. The van der Waals surface area contributed by atoms with Gasteiger partial charge in [0.05, 0.1) is 22.3 Å². The fraction of sp³-hybridized carbons (Fsp3) is 0.105. The van der Waals surface area contributed by atoms with Gasteiger partial charge in [-0.1, -0.05) is 29.3 Å². The van der Waals surface area contributed by atoms with Gasteiger partial charge in [-0.3, -0.25) is 14.3 Å². The molecule has 0 bridgehead atoms. The van der Waals surface area contributed by atoms with E-state index in [1.807, 2.05) is 6.07 Å². The predicted molar refractivity (Wildman–Crippen MR) is 106 cm³/mol. The third kappa shape index (κ3) is 3.88. The average molecular weight is 414 g/mol. The molecule has 7 nitrogen and oxygen atoms in total. The zero-order valence-corrected chi connectivity index (χ0v) is 16.1. The number of halogens is 2. The Morgan fingerprint density at radius 2 is 2.04 bits per heavy atom. The first-order valence-electron chi connectivity index (χ1n) is 8.04. The van der Waals surface area contributed by atoms with Crippen molar-refractivity contribution >= 4 is 34.6 Å². The number of pyridine rings is 2. The molecule has 0 aliphatic carbocycles. The molecule has 0 fully saturated rings. The molecule has 0 atom stereocenters. The van der Waals surface area contributed by atoms with Crippen LogP contribution in [0.5, 0.6) is 5.88 Å². The minimum atomic E-state index is -0.582. The molecule has 0 spiro atoms. The minimum Gasteiger partial charge on any atom is -0.493 e. The summed E-state index contributed by atoms with van der Waals surface area (Å²) in [6, 6.07) is 10.0. The van der Waals surface area contributed by atoms with Gasteiger partial charge in [-0.05, 0) is 36.8 Å². The molecule has 0 aliphatic rings. The van der Waals surface area contributed by atoms with E-state index >= 15 is 0 Å². The lowest BCUT2D eigenvalue weighted by molar-refractivity contribution is 0.412. The highest BCUT2D eigenvalue weighted by Gasteiger charge is 2.19. The Balaban J connectivity index is 2.11. The number of nitrogens with zero attached hydrogens (tertiary/aromatic N) is 5. The monoisotopic (exact) mass is 413 g/mol. The molecule has 0 radical (unpaired) electrons. The van der Waals surface area contributed by atoms with E-state index in [1.165, 1.54) is 13.0 Å². The second-order valence-corrected chi connectivity index (χ2v) is 6.65. The number of rotatable bonds is 4.